The SMILES string of the molecule is ClC(C[SiH](Cl)Cl)c1ccccc1. The highest BCUT2D eigenvalue weighted by Crippen LogP contribution is 2.27. The van der Waals surface area contributed by atoms with Gasteiger partial charge >= 0.3 is 0 Å². The first-order valence-corrected chi connectivity index (χ1v) is 8.41. The second-order valence-corrected chi connectivity index (χ2v) is 8.12. The van der Waals surface area contributed by atoms with Crippen LogP contribution in [0.2, 0.25) is 6.04 Å². The highest BCUT2D eigenvalue weighted by atomic mass is 35.7. The molecule has 0 spiro atoms. The predicted molar refractivity (Wildman–Crippen MR) is 58.7 cm³/mol. The van der Waals surface area contributed by atoms with Crippen LogP contribution in [0, 0.1) is 0 Å². The lowest BCUT2D eigenvalue weighted by atomic mass is 10.2. The van der Waals surface area contributed by atoms with Crippen molar-refractivity contribution < 1.29 is 0 Å². The summed E-state index contributed by atoms with van der Waals surface area (Å²) in [4.78, 5) is 0. The van der Waals surface area contributed by atoms with E-state index in [4.69, 9.17) is 33.8 Å². The van der Waals surface area contributed by atoms with E-state index in [0.717, 1.165) is 5.56 Å². The van der Waals surface area contributed by atoms with Crippen LogP contribution in [0.4, 0.5) is 0 Å². The van der Waals surface area contributed by atoms with Gasteiger partial charge in [0.1, 0.15) is 0 Å². The molecule has 0 aliphatic carbocycles. The van der Waals surface area contributed by atoms with Gasteiger partial charge in [-0.05, 0) is 11.6 Å². The summed E-state index contributed by atoms with van der Waals surface area (Å²) < 4.78 is 0. The Morgan fingerprint density at radius 1 is 1.17 bits per heavy atom. The van der Waals surface area contributed by atoms with Crippen LogP contribution < -0.4 is 0 Å². The van der Waals surface area contributed by atoms with Crippen molar-refractivity contribution in [1.82, 2.24) is 0 Å². The summed E-state index contributed by atoms with van der Waals surface area (Å²) in [7, 11) is -1.59. The molecule has 0 saturated carbocycles. The fourth-order valence-corrected chi connectivity index (χ4v) is 3.84. The second-order valence-electron chi connectivity index (χ2n) is 2.51. The Morgan fingerprint density at radius 2 is 1.75 bits per heavy atom. The third kappa shape index (κ3) is 3.36. The molecule has 0 aliphatic heterocycles. The summed E-state index contributed by atoms with van der Waals surface area (Å²) >= 11 is 17.6. The minimum absolute atomic E-state index is 0.0298. The Bertz CT molecular complexity index is 225. The average Bonchev–Trinajstić information content (AvgIpc) is 2.05. The molecule has 1 rings (SSSR count). The molecule has 0 saturated heterocycles. The molecular weight excluding hydrogens is 231 g/mol. The maximum absolute atomic E-state index is 6.07. The number of alkyl halides is 1. The second kappa shape index (κ2) is 5.13. The van der Waals surface area contributed by atoms with Crippen LogP contribution in [0.3, 0.4) is 0 Å². The van der Waals surface area contributed by atoms with Crippen LogP contribution >= 0.6 is 33.8 Å². The van der Waals surface area contributed by atoms with Crippen LogP contribution in [0.25, 0.3) is 0 Å². The lowest BCUT2D eigenvalue weighted by Crippen LogP contribution is -1.98. The Labute approximate surface area is 88.5 Å². The van der Waals surface area contributed by atoms with E-state index >= 15 is 0 Å². The minimum atomic E-state index is -1.59. The van der Waals surface area contributed by atoms with E-state index in [1.165, 1.54) is 0 Å². The molecule has 4 heteroatoms. The van der Waals surface area contributed by atoms with Crippen molar-refractivity contribution >= 4 is 41.2 Å². The molecule has 0 aliphatic rings. The van der Waals surface area contributed by atoms with E-state index in [1.54, 1.807) is 0 Å². The molecule has 0 bridgehead atoms. The maximum atomic E-state index is 6.07. The van der Waals surface area contributed by atoms with Crippen LogP contribution in [0.15, 0.2) is 30.3 Å². The molecule has 0 nitrogen and oxygen atoms in total. The molecule has 1 aromatic carbocycles. The normalized spacial score (nSPS) is 13.3. The van der Waals surface area contributed by atoms with Gasteiger partial charge in [-0.25, -0.2) is 0 Å². The predicted octanol–water partition coefficient (Wildman–Crippen LogP) is 3.66. The Kier molecular flexibility index (Phi) is 4.44. The van der Waals surface area contributed by atoms with Crippen LogP contribution in [0.5, 0.6) is 0 Å². The van der Waals surface area contributed by atoms with Crippen molar-refractivity contribution in [3.8, 4) is 0 Å². The third-order valence-electron chi connectivity index (χ3n) is 1.55. The molecule has 66 valence electrons. The van der Waals surface area contributed by atoms with Gasteiger partial charge < -0.3 is 0 Å². The monoisotopic (exact) mass is 238 g/mol. The Balaban J connectivity index is 2.59. The molecule has 0 radical (unpaired) electrons. The highest BCUT2D eigenvalue weighted by molar-refractivity contribution is 7.33. The zero-order valence-corrected chi connectivity index (χ0v) is 9.80. The summed E-state index contributed by atoms with van der Waals surface area (Å²) in [6.45, 7) is 0. The van der Waals surface area contributed by atoms with Gasteiger partial charge in [0.25, 0.3) is 0 Å². The van der Waals surface area contributed by atoms with Crippen molar-refractivity contribution in [1.29, 1.82) is 0 Å². The zero-order chi connectivity index (χ0) is 8.97. The smallest absolute Gasteiger partial charge is 0.150 e. The van der Waals surface area contributed by atoms with Crippen LogP contribution in [-0.2, 0) is 0 Å². The maximum Gasteiger partial charge on any atom is 0.238 e. The topological polar surface area (TPSA) is 0 Å². The summed E-state index contributed by atoms with van der Waals surface area (Å²) in [5, 5.41) is -0.0298. The molecule has 0 N–H and O–H groups in total. The van der Waals surface area contributed by atoms with Crippen molar-refractivity contribution in [2.75, 3.05) is 0 Å². The van der Waals surface area contributed by atoms with Crippen molar-refractivity contribution in [3.63, 3.8) is 0 Å². The molecule has 0 fully saturated rings. The fourth-order valence-electron chi connectivity index (χ4n) is 0.954. The largest absolute Gasteiger partial charge is 0.238 e. The first-order valence-electron chi connectivity index (χ1n) is 3.67. The average molecular weight is 240 g/mol. The summed E-state index contributed by atoms with van der Waals surface area (Å²) in [6, 6.07) is 10.6. The lowest BCUT2D eigenvalue weighted by molar-refractivity contribution is 1.07. The van der Waals surface area contributed by atoms with Gasteiger partial charge in [-0.1, -0.05) is 30.3 Å². The molecule has 1 atom stereocenters. The van der Waals surface area contributed by atoms with E-state index in [1.807, 2.05) is 30.3 Å². The fraction of sp³-hybridized carbons (Fsp3) is 0.250. The molecule has 0 amide bonds. The Hall–Kier alpha value is 0.307. The number of rotatable bonds is 3. The van der Waals surface area contributed by atoms with Crippen LogP contribution in [-0.4, -0.2) is 7.42 Å². The molecular formula is C8H9Cl3Si. The third-order valence-corrected chi connectivity index (χ3v) is 4.17. The lowest BCUT2D eigenvalue weighted by Gasteiger charge is -2.08. The van der Waals surface area contributed by atoms with Gasteiger partial charge in [-0.15, -0.1) is 11.6 Å². The molecule has 1 aromatic rings. The molecule has 0 heterocycles. The number of hydrogen-bond acceptors (Lipinski definition) is 0. The first kappa shape index (κ1) is 10.4. The van der Waals surface area contributed by atoms with Crippen molar-refractivity contribution in [2.24, 2.45) is 0 Å². The van der Waals surface area contributed by atoms with Gasteiger partial charge in [0, 0.05) is 0 Å². The Morgan fingerprint density at radius 3 is 2.25 bits per heavy atom. The molecule has 1 unspecified atom stereocenters. The van der Waals surface area contributed by atoms with E-state index < -0.39 is 7.42 Å². The number of halogens is 3. The van der Waals surface area contributed by atoms with Gasteiger partial charge in [-0.3, -0.25) is 0 Å². The highest BCUT2D eigenvalue weighted by Gasteiger charge is 2.12. The molecule has 0 aromatic heterocycles. The van der Waals surface area contributed by atoms with Crippen molar-refractivity contribution in [2.45, 2.75) is 11.4 Å². The molecule has 12 heavy (non-hydrogen) atoms. The first-order chi connectivity index (χ1) is 5.70. The van der Waals surface area contributed by atoms with Gasteiger partial charge in [0.2, 0.25) is 7.42 Å². The number of benzene rings is 1. The summed E-state index contributed by atoms with van der Waals surface area (Å²) in [6.07, 6.45) is 0. The van der Waals surface area contributed by atoms with E-state index in [2.05, 4.69) is 0 Å². The standard InChI is InChI=1S/C8H9Cl3Si/c9-8(6-12(10)11)7-4-2-1-3-5-7/h1-5,8,12H,6H2. The van der Waals surface area contributed by atoms with Crippen LogP contribution in [0.1, 0.15) is 10.9 Å². The van der Waals surface area contributed by atoms with E-state index in [0.29, 0.717) is 6.04 Å². The minimum Gasteiger partial charge on any atom is -0.150 e. The quantitative estimate of drug-likeness (QED) is 0.429. The summed E-state index contributed by atoms with van der Waals surface area (Å²) in [5.41, 5.74) is 1.10. The van der Waals surface area contributed by atoms with E-state index in [-0.39, 0.29) is 5.38 Å². The zero-order valence-electron chi connectivity index (χ0n) is 6.38. The van der Waals surface area contributed by atoms with Crippen molar-refractivity contribution in [3.05, 3.63) is 35.9 Å². The number of hydrogen-bond donors (Lipinski definition) is 0. The summed E-state index contributed by atoms with van der Waals surface area (Å²) in [5.74, 6) is 0. The van der Waals surface area contributed by atoms with Gasteiger partial charge in [0.15, 0.2) is 0 Å². The van der Waals surface area contributed by atoms with Gasteiger partial charge in [-0.2, -0.15) is 22.2 Å². The van der Waals surface area contributed by atoms with Gasteiger partial charge in [0.05, 0.1) is 5.38 Å². The van der Waals surface area contributed by atoms with E-state index in [9.17, 15) is 0 Å².